The van der Waals surface area contributed by atoms with E-state index in [4.69, 9.17) is 5.73 Å². The maximum Gasteiger partial charge on any atom is 0.239 e. The molecule has 1 amide bonds. The van der Waals surface area contributed by atoms with E-state index in [9.17, 15) is 13.2 Å². The average Bonchev–Trinajstić information content (AvgIpc) is 2.40. The predicted octanol–water partition coefficient (Wildman–Crippen LogP) is 0.501. The zero-order chi connectivity index (χ0) is 16.0. The fourth-order valence-electron chi connectivity index (χ4n) is 1.93. The normalized spacial score (nSPS) is 13.0. The van der Waals surface area contributed by atoms with E-state index in [1.54, 1.807) is 4.90 Å². The molecule has 1 unspecified atom stereocenters. The lowest BCUT2D eigenvalue weighted by Gasteiger charge is -2.24. The van der Waals surface area contributed by atoms with Crippen molar-refractivity contribution in [2.24, 2.45) is 5.73 Å². The number of carbonyl (C=O) groups excluding carboxylic acids is 1. The number of hydrogen-bond acceptors (Lipinski definition) is 5. The highest BCUT2D eigenvalue weighted by molar-refractivity contribution is 7.90. The van der Waals surface area contributed by atoms with Crippen molar-refractivity contribution >= 4 is 15.7 Å². The molecule has 0 fully saturated rings. The van der Waals surface area contributed by atoms with Crippen LogP contribution in [0.1, 0.15) is 24.7 Å². The fraction of sp³-hybridized carbons (Fsp3) is 0.571. The molecule has 1 aromatic heterocycles. The van der Waals surface area contributed by atoms with Gasteiger partial charge in [-0.3, -0.25) is 9.78 Å². The number of amides is 1. The Morgan fingerprint density at radius 3 is 2.62 bits per heavy atom. The molecular formula is C14H23N3O3S. The molecule has 0 radical (unpaired) electrons. The van der Waals surface area contributed by atoms with Crippen molar-refractivity contribution in [1.82, 2.24) is 9.88 Å². The van der Waals surface area contributed by atoms with Crippen LogP contribution in [0.3, 0.4) is 0 Å². The van der Waals surface area contributed by atoms with Crippen LogP contribution in [-0.4, -0.2) is 48.8 Å². The number of nitrogens with two attached hydrogens (primary N) is 1. The molecule has 0 bridgehead atoms. The molecule has 0 aromatic carbocycles. The van der Waals surface area contributed by atoms with Crippen LogP contribution in [0.15, 0.2) is 18.2 Å². The minimum absolute atomic E-state index is 0.0832. The van der Waals surface area contributed by atoms with Crippen molar-refractivity contribution in [3.8, 4) is 0 Å². The number of pyridine rings is 1. The maximum absolute atomic E-state index is 12.3. The molecule has 0 spiro atoms. The van der Waals surface area contributed by atoms with Crippen molar-refractivity contribution in [2.45, 2.75) is 32.9 Å². The van der Waals surface area contributed by atoms with E-state index >= 15 is 0 Å². The highest BCUT2D eigenvalue weighted by Gasteiger charge is 2.21. The lowest BCUT2D eigenvalue weighted by atomic mass is 10.2. The second-order valence-corrected chi connectivity index (χ2v) is 7.41. The topological polar surface area (TPSA) is 93.4 Å². The zero-order valence-corrected chi connectivity index (χ0v) is 13.6. The Morgan fingerprint density at radius 1 is 1.43 bits per heavy atom. The minimum atomic E-state index is -3.11. The lowest BCUT2D eigenvalue weighted by Crippen LogP contribution is -2.44. The molecular weight excluding hydrogens is 290 g/mol. The summed E-state index contributed by atoms with van der Waals surface area (Å²) >= 11 is 0. The summed E-state index contributed by atoms with van der Waals surface area (Å²) in [6.45, 7) is 4.63. The molecule has 21 heavy (non-hydrogen) atoms. The van der Waals surface area contributed by atoms with Crippen molar-refractivity contribution < 1.29 is 13.2 Å². The molecule has 0 aliphatic heterocycles. The van der Waals surface area contributed by atoms with Gasteiger partial charge in [0.2, 0.25) is 5.91 Å². The number of carbonyl (C=O) groups is 1. The van der Waals surface area contributed by atoms with Gasteiger partial charge in [-0.05, 0) is 32.4 Å². The number of nitrogens with zero attached hydrogens (tertiary/aromatic N) is 2. The van der Waals surface area contributed by atoms with E-state index in [1.807, 2.05) is 32.0 Å². The fourth-order valence-corrected chi connectivity index (χ4v) is 2.61. The summed E-state index contributed by atoms with van der Waals surface area (Å²) < 4.78 is 22.3. The first-order valence-electron chi connectivity index (χ1n) is 6.87. The molecule has 6 nitrogen and oxygen atoms in total. The smallest absolute Gasteiger partial charge is 0.239 e. The summed E-state index contributed by atoms with van der Waals surface area (Å²) in [7, 11) is -3.11. The van der Waals surface area contributed by atoms with Crippen molar-refractivity contribution in [3.05, 3.63) is 29.6 Å². The van der Waals surface area contributed by atoms with Gasteiger partial charge in [0.15, 0.2) is 0 Å². The molecule has 118 valence electrons. The van der Waals surface area contributed by atoms with E-state index in [-0.39, 0.29) is 18.1 Å². The van der Waals surface area contributed by atoms with Crippen LogP contribution in [0.4, 0.5) is 0 Å². The van der Waals surface area contributed by atoms with Gasteiger partial charge in [0.1, 0.15) is 9.84 Å². The van der Waals surface area contributed by atoms with Crippen LogP contribution < -0.4 is 5.73 Å². The quantitative estimate of drug-likeness (QED) is 0.791. The third-order valence-corrected chi connectivity index (χ3v) is 4.09. The number of aryl methyl sites for hydroxylation is 1. The number of hydrogen-bond donors (Lipinski definition) is 1. The SMILES string of the molecule is CCN(Cc1cccc(C)n1)C(=O)C(N)CCS(C)(=O)=O. The number of aromatic nitrogens is 1. The maximum atomic E-state index is 12.3. The van der Waals surface area contributed by atoms with Gasteiger partial charge < -0.3 is 10.6 Å². The van der Waals surface area contributed by atoms with E-state index < -0.39 is 15.9 Å². The molecule has 1 heterocycles. The van der Waals surface area contributed by atoms with Crippen LogP contribution in [0.2, 0.25) is 0 Å². The summed E-state index contributed by atoms with van der Waals surface area (Å²) in [4.78, 5) is 18.2. The van der Waals surface area contributed by atoms with Gasteiger partial charge in [-0.15, -0.1) is 0 Å². The second-order valence-electron chi connectivity index (χ2n) is 5.15. The summed E-state index contributed by atoms with van der Waals surface area (Å²) in [6.07, 6.45) is 1.27. The zero-order valence-electron chi connectivity index (χ0n) is 12.7. The van der Waals surface area contributed by atoms with Gasteiger partial charge in [0.05, 0.1) is 24.0 Å². The van der Waals surface area contributed by atoms with Crippen LogP contribution in [0, 0.1) is 6.92 Å². The molecule has 1 atom stereocenters. The Hall–Kier alpha value is -1.47. The molecule has 7 heteroatoms. The van der Waals surface area contributed by atoms with Gasteiger partial charge in [-0.2, -0.15) is 0 Å². The molecule has 2 N–H and O–H groups in total. The standard InChI is InChI=1S/C14H23N3O3S/c1-4-17(10-12-7-5-6-11(2)16-12)14(18)13(15)8-9-21(3,19)20/h5-7,13H,4,8-10,15H2,1-3H3. The first kappa shape index (κ1) is 17.6. The first-order valence-corrected chi connectivity index (χ1v) is 8.93. The highest BCUT2D eigenvalue weighted by atomic mass is 32.2. The van der Waals surface area contributed by atoms with Gasteiger partial charge >= 0.3 is 0 Å². The summed E-state index contributed by atoms with van der Waals surface area (Å²) in [5.74, 6) is -0.329. The lowest BCUT2D eigenvalue weighted by molar-refractivity contribution is -0.133. The van der Waals surface area contributed by atoms with Crippen LogP contribution >= 0.6 is 0 Å². The Morgan fingerprint density at radius 2 is 2.10 bits per heavy atom. The van der Waals surface area contributed by atoms with Gasteiger partial charge in [-0.1, -0.05) is 6.07 Å². The average molecular weight is 313 g/mol. The summed E-state index contributed by atoms with van der Waals surface area (Å²) in [5.41, 5.74) is 7.49. The third kappa shape index (κ3) is 6.22. The van der Waals surface area contributed by atoms with Gasteiger partial charge in [-0.25, -0.2) is 8.42 Å². The Balaban J connectivity index is 2.68. The van der Waals surface area contributed by atoms with Gasteiger partial charge in [0.25, 0.3) is 0 Å². The van der Waals surface area contributed by atoms with E-state index in [1.165, 1.54) is 0 Å². The second kappa shape index (κ2) is 7.51. The van der Waals surface area contributed by atoms with Crippen molar-refractivity contribution in [2.75, 3.05) is 18.6 Å². The molecule has 0 aliphatic rings. The summed E-state index contributed by atoms with van der Waals surface area (Å²) in [5, 5.41) is 0. The molecule has 0 saturated heterocycles. The van der Waals surface area contributed by atoms with Crippen LogP contribution in [0.25, 0.3) is 0 Å². The van der Waals surface area contributed by atoms with E-state index in [0.29, 0.717) is 13.1 Å². The monoisotopic (exact) mass is 313 g/mol. The van der Waals surface area contributed by atoms with Gasteiger partial charge in [0, 0.05) is 18.5 Å². The minimum Gasteiger partial charge on any atom is -0.336 e. The van der Waals surface area contributed by atoms with Crippen LogP contribution in [0.5, 0.6) is 0 Å². The number of likely N-dealkylation sites (N-methyl/N-ethyl adjacent to an activating group) is 1. The Bertz CT molecular complexity index is 587. The molecule has 1 rings (SSSR count). The Kier molecular flexibility index (Phi) is 6.29. The van der Waals surface area contributed by atoms with E-state index in [2.05, 4.69) is 4.98 Å². The number of rotatable bonds is 7. The first-order chi connectivity index (χ1) is 9.73. The van der Waals surface area contributed by atoms with Crippen molar-refractivity contribution in [1.29, 1.82) is 0 Å². The largest absolute Gasteiger partial charge is 0.336 e. The predicted molar refractivity (Wildman–Crippen MR) is 82.4 cm³/mol. The Labute approximate surface area is 126 Å². The van der Waals surface area contributed by atoms with Crippen molar-refractivity contribution in [3.63, 3.8) is 0 Å². The highest BCUT2D eigenvalue weighted by Crippen LogP contribution is 2.06. The number of sulfone groups is 1. The van der Waals surface area contributed by atoms with Crippen LogP contribution in [-0.2, 0) is 21.2 Å². The summed E-state index contributed by atoms with van der Waals surface area (Å²) in [6, 6.07) is 4.83. The third-order valence-electron chi connectivity index (χ3n) is 3.11. The molecule has 0 saturated carbocycles. The molecule has 1 aromatic rings. The van der Waals surface area contributed by atoms with E-state index in [0.717, 1.165) is 17.6 Å². The molecule has 0 aliphatic carbocycles.